The second-order valence-electron chi connectivity index (χ2n) is 2.47. The van der Waals surface area contributed by atoms with Crippen LogP contribution >= 0.6 is 0 Å². The van der Waals surface area contributed by atoms with Gasteiger partial charge in [-0.1, -0.05) is 18.2 Å². The van der Waals surface area contributed by atoms with E-state index >= 15 is 0 Å². The minimum absolute atomic E-state index is 0.356. The predicted octanol–water partition coefficient (Wildman–Crippen LogP) is 1.16. The molecule has 5 heteroatoms. The number of carboxylic acids is 1. The van der Waals surface area contributed by atoms with Crippen LogP contribution in [0.3, 0.4) is 0 Å². The molecule has 5 nitrogen and oxygen atoms in total. The van der Waals surface area contributed by atoms with Crippen molar-refractivity contribution in [1.29, 1.82) is 0 Å². The van der Waals surface area contributed by atoms with Crippen LogP contribution in [0.5, 0.6) is 5.75 Å². The average Bonchev–Trinajstić information content (AvgIpc) is 2.25. The summed E-state index contributed by atoms with van der Waals surface area (Å²) in [5.74, 6) is -1.76. The van der Waals surface area contributed by atoms with Crippen LogP contribution in [0, 0.1) is 0 Å². The summed E-state index contributed by atoms with van der Waals surface area (Å²) in [6.45, 7) is 0. The molecule has 0 atom stereocenters. The fraction of sp³-hybridized carbons (Fsp3) is 0. The molecule has 0 aliphatic rings. The third kappa shape index (κ3) is 4.47. The van der Waals surface area contributed by atoms with E-state index < -0.39 is 11.9 Å². The van der Waals surface area contributed by atoms with Crippen molar-refractivity contribution in [2.24, 2.45) is 0 Å². The molecule has 0 aromatic heterocycles. The highest BCUT2D eigenvalue weighted by atomic mass is 17.2. The van der Waals surface area contributed by atoms with Gasteiger partial charge >= 0.3 is 11.9 Å². The fourth-order valence-corrected chi connectivity index (χ4v) is 0.732. The molecule has 0 aliphatic carbocycles. The molecular formula is C10H8O5. The van der Waals surface area contributed by atoms with E-state index in [0.29, 0.717) is 11.8 Å². The number of hydrogen-bond donors (Lipinski definition) is 1. The maximum absolute atomic E-state index is 10.8. The molecule has 0 heterocycles. The summed E-state index contributed by atoms with van der Waals surface area (Å²) < 4.78 is 0. The molecule has 1 aromatic rings. The minimum Gasteiger partial charge on any atom is -0.478 e. The monoisotopic (exact) mass is 208 g/mol. The number of carboxylic acid groups (broad SMARTS) is 1. The molecule has 0 saturated heterocycles. The van der Waals surface area contributed by atoms with Gasteiger partial charge in [0.1, 0.15) is 0 Å². The maximum atomic E-state index is 10.8. The Balaban J connectivity index is 2.38. The second kappa shape index (κ2) is 5.43. The summed E-state index contributed by atoms with van der Waals surface area (Å²) >= 11 is 0. The van der Waals surface area contributed by atoms with Gasteiger partial charge in [-0.05, 0) is 12.1 Å². The molecule has 0 radical (unpaired) electrons. The van der Waals surface area contributed by atoms with Gasteiger partial charge in [0, 0.05) is 12.2 Å². The SMILES string of the molecule is O=C(O)/C=C\C(=O)OOc1ccccc1. The Labute approximate surface area is 85.5 Å². The standard InChI is InChI=1S/C10H8O5/c11-9(12)6-7-10(13)15-14-8-4-2-1-3-5-8/h1-7H,(H,11,12)/b7-6-. The molecule has 1 N–H and O–H groups in total. The van der Waals surface area contributed by atoms with E-state index in [-0.39, 0.29) is 0 Å². The van der Waals surface area contributed by atoms with Gasteiger partial charge in [-0.25, -0.2) is 14.5 Å². The van der Waals surface area contributed by atoms with Gasteiger partial charge in [-0.2, -0.15) is 0 Å². The molecule has 0 spiro atoms. The van der Waals surface area contributed by atoms with E-state index in [2.05, 4.69) is 9.78 Å². The molecule has 1 aromatic carbocycles. The van der Waals surface area contributed by atoms with Gasteiger partial charge < -0.3 is 5.11 Å². The van der Waals surface area contributed by atoms with Crippen LogP contribution in [0.2, 0.25) is 0 Å². The van der Waals surface area contributed by atoms with Crippen LogP contribution in [-0.4, -0.2) is 17.0 Å². The van der Waals surface area contributed by atoms with E-state index in [9.17, 15) is 9.59 Å². The third-order valence-corrected chi connectivity index (χ3v) is 1.33. The maximum Gasteiger partial charge on any atom is 0.379 e. The number of rotatable bonds is 4. The largest absolute Gasteiger partial charge is 0.478 e. The van der Waals surface area contributed by atoms with Crippen LogP contribution in [-0.2, 0) is 14.5 Å². The summed E-state index contributed by atoms with van der Waals surface area (Å²) in [5.41, 5.74) is 0. The molecule has 1 rings (SSSR count). The molecular weight excluding hydrogens is 200 g/mol. The van der Waals surface area contributed by atoms with E-state index in [0.717, 1.165) is 6.08 Å². The van der Waals surface area contributed by atoms with E-state index in [4.69, 9.17) is 5.11 Å². The van der Waals surface area contributed by atoms with Crippen molar-refractivity contribution < 1.29 is 24.5 Å². The Bertz CT molecular complexity index is 369. The highest BCUT2D eigenvalue weighted by Crippen LogP contribution is 2.08. The van der Waals surface area contributed by atoms with Gasteiger partial charge in [0.25, 0.3) is 0 Å². The first-order chi connectivity index (χ1) is 7.18. The Morgan fingerprint density at radius 2 is 1.80 bits per heavy atom. The second-order valence-corrected chi connectivity index (χ2v) is 2.47. The van der Waals surface area contributed by atoms with Gasteiger partial charge in [0.2, 0.25) is 0 Å². The first kappa shape index (κ1) is 10.8. The average molecular weight is 208 g/mol. The quantitative estimate of drug-likeness (QED) is 0.456. The smallest absolute Gasteiger partial charge is 0.379 e. The summed E-state index contributed by atoms with van der Waals surface area (Å²) in [7, 11) is 0. The lowest BCUT2D eigenvalue weighted by Crippen LogP contribution is -2.05. The zero-order valence-electron chi connectivity index (χ0n) is 7.62. The predicted molar refractivity (Wildman–Crippen MR) is 49.9 cm³/mol. The molecule has 0 saturated carbocycles. The number of benzene rings is 1. The Hall–Kier alpha value is -2.30. The number of carbonyl (C=O) groups is 2. The number of hydrogen-bond acceptors (Lipinski definition) is 4. The lowest BCUT2D eigenvalue weighted by molar-refractivity contribution is -0.207. The minimum atomic E-state index is -1.23. The van der Waals surface area contributed by atoms with Gasteiger partial charge in [-0.15, -0.1) is 0 Å². The van der Waals surface area contributed by atoms with Crippen molar-refractivity contribution in [2.45, 2.75) is 0 Å². The van der Waals surface area contributed by atoms with Crippen LogP contribution in [0.1, 0.15) is 0 Å². The van der Waals surface area contributed by atoms with Gasteiger partial charge in [0.05, 0.1) is 0 Å². The highest BCUT2D eigenvalue weighted by Gasteiger charge is 2.00. The van der Waals surface area contributed by atoms with Crippen molar-refractivity contribution in [3.63, 3.8) is 0 Å². The Kier molecular flexibility index (Phi) is 3.91. The summed E-state index contributed by atoms with van der Waals surface area (Å²) in [4.78, 5) is 29.8. The van der Waals surface area contributed by atoms with Crippen molar-refractivity contribution in [1.82, 2.24) is 0 Å². The number of carbonyl (C=O) groups excluding carboxylic acids is 1. The molecule has 78 valence electrons. The topological polar surface area (TPSA) is 72.8 Å². The number of aliphatic carboxylic acids is 1. The summed E-state index contributed by atoms with van der Waals surface area (Å²) in [6.07, 6.45) is 1.42. The van der Waals surface area contributed by atoms with Crippen LogP contribution in [0.15, 0.2) is 42.5 Å². The van der Waals surface area contributed by atoms with Crippen molar-refractivity contribution >= 4 is 11.9 Å². The first-order valence-corrected chi connectivity index (χ1v) is 4.03. The zero-order chi connectivity index (χ0) is 11.1. The lowest BCUT2D eigenvalue weighted by atomic mass is 10.3. The molecule has 0 bridgehead atoms. The molecule has 15 heavy (non-hydrogen) atoms. The van der Waals surface area contributed by atoms with Crippen LogP contribution in [0.4, 0.5) is 0 Å². The summed E-state index contributed by atoms with van der Waals surface area (Å²) in [6, 6.07) is 8.37. The third-order valence-electron chi connectivity index (χ3n) is 1.33. The number of para-hydroxylation sites is 1. The van der Waals surface area contributed by atoms with Crippen molar-refractivity contribution in [3.05, 3.63) is 42.5 Å². The fourth-order valence-electron chi connectivity index (χ4n) is 0.732. The molecule has 0 aliphatic heterocycles. The summed E-state index contributed by atoms with van der Waals surface area (Å²) in [5, 5.41) is 8.21. The van der Waals surface area contributed by atoms with E-state index in [1.54, 1.807) is 30.3 Å². The molecule has 0 fully saturated rings. The van der Waals surface area contributed by atoms with Crippen molar-refractivity contribution in [2.75, 3.05) is 0 Å². The van der Waals surface area contributed by atoms with Gasteiger partial charge in [0.15, 0.2) is 5.75 Å². The molecule has 0 unspecified atom stereocenters. The lowest BCUT2D eigenvalue weighted by Gasteiger charge is -2.00. The zero-order valence-corrected chi connectivity index (χ0v) is 7.62. The van der Waals surface area contributed by atoms with E-state index in [1.165, 1.54) is 0 Å². The van der Waals surface area contributed by atoms with E-state index in [1.807, 2.05) is 0 Å². The Morgan fingerprint density at radius 3 is 2.40 bits per heavy atom. The Morgan fingerprint density at radius 1 is 1.13 bits per heavy atom. The normalized spacial score (nSPS) is 9.87. The first-order valence-electron chi connectivity index (χ1n) is 4.03. The highest BCUT2D eigenvalue weighted by molar-refractivity contribution is 5.90. The van der Waals surface area contributed by atoms with Crippen LogP contribution in [0.25, 0.3) is 0 Å². The van der Waals surface area contributed by atoms with Crippen LogP contribution < -0.4 is 4.89 Å². The van der Waals surface area contributed by atoms with Crippen molar-refractivity contribution in [3.8, 4) is 5.75 Å². The van der Waals surface area contributed by atoms with Gasteiger partial charge in [-0.3, -0.25) is 4.89 Å². The molecule has 0 amide bonds.